The van der Waals surface area contributed by atoms with Gasteiger partial charge in [-0.05, 0) is 51.0 Å². The molecule has 0 bridgehead atoms. The summed E-state index contributed by atoms with van der Waals surface area (Å²) in [6.45, 7) is 5.85. The molecule has 0 aromatic carbocycles. The molecule has 1 atom stereocenters. The first-order valence-electron chi connectivity index (χ1n) is 7.15. The summed E-state index contributed by atoms with van der Waals surface area (Å²) in [5.74, 6) is 0.0190. The van der Waals surface area contributed by atoms with E-state index in [1.165, 1.54) is 0 Å². The number of rotatable bonds is 9. The van der Waals surface area contributed by atoms with Crippen LogP contribution in [-0.2, 0) is 4.79 Å². The Hall–Kier alpha value is -0.780. The van der Waals surface area contributed by atoms with Crippen LogP contribution in [0.25, 0.3) is 0 Å². The molecule has 1 rings (SSSR count). The minimum atomic E-state index is -0.845. The highest BCUT2D eigenvalue weighted by Crippen LogP contribution is 2.27. The van der Waals surface area contributed by atoms with Gasteiger partial charge in [-0.1, -0.05) is 18.5 Å². The van der Waals surface area contributed by atoms with E-state index in [1.807, 2.05) is 26.8 Å². The topological polar surface area (TPSA) is 62.2 Å². The van der Waals surface area contributed by atoms with Gasteiger partial charge < -0.3 is 5.11 Å². The van der Waals surface area contributed by atoms with Gasteiger partial charge in [0.15, 0.2) is 0 Å². The van der Waals surface area contributed by atoms with Gasteiger partial charge in [0, 0.05) is 12.2 Å². The Morgan fingerprint density at radius 1 is 1.57 bits per heavy atom. The van der Waals surface area contributed by atoms with E-state index in [4.69, 9.17) is 11.6 Å². The number of thioether (sulfide) groups is 1. The fraction of sp³-hybridized carbons (Fsp3) is 0.600. The Labute approximate surface area is 135 Å². The zero-order valence-corrected chi connectivity index (χ0v) is 14.3. The van der Waals surface area contributed by atoms with Crippen LogP contribution in [0.4, 0.5) is 0 Å². The molecule has 1 aromatic rings. The number of nitrogens with one attached hydrogen (secondary N) is 1. The van der Waals surface area contributed by atoms with Crippen LogP contribution in [0.3, 0.4) is 0 Å². The molecule has 0 aliphatic carbocycles. The molecule has 0 spiro atoms. The van der Waals surface area contributed by atoms with Gasteiger partial charge in [-0.2, -0.15) is 0 Å². The average Bonchev–Trinajstić information content (AvgIpc) is 2.43. The number of aliphatic carboxylic acids is 1. The van der Waals surface area contributed by atoms with Gasteiger partial charge in [0.2, 0.25) is 0 Å². The number of carboxylic acids is 1. The number of aromatic nitrogens is 1. The van der Waals surface area contributed by atoms with Crippen LogP contribution in [0.15, 0.2) is 23.4 Å². The van der Waals surface area contributed by atoms with Crippen molar-refractivity contribution < 1.29 is 9.90 Å². The second-order valence-corrected chi connectivity index (χ2v) is 6.77. The monoisotopic (exact) mass is 330 g/mol. The second kappa shape index (κ2) is 8.61. The van der Waals surface area contributed by atoms with E-state index in [0.717, 1.165) is 17.2 Å². The van der Waals surface area contributed by atoms with E-state index < -0.39 is 11.5 Å². The maximum absolute atomic E-state index is 11.6. The molecule has 0 saturated carbocycles. The van der Waals surface area contributed by atoms with Crippen LogP contribution in [0, 0.1) is 0 Å². The molecule has 1 heterocycles. The predicted molar refractivity (Wildman–Crippen MR) is 88.1 cm³/mol. The number of carboxylic acid groups (broad SMARTS) is 1. The summed E-state index contributed by atoms with van der Waals surface area (Å²) in [7, 11) is 0. The van der Waals surface area contributed by atoms with Crippen molar-refractivity contribution in [2.24, 2.45) is 0 Å². The maximum atomic E-state index is 11.6. The Morgan fingerprint density at radius 2 is 2.29 bits per heavy atom. The predicted octanol–water partition coefficient (Wildman–Crippen LogP) is 3.84. The molecular weight excluding hydrogens is 308 g/mol. The summed E-state index contributed by atoms with van der Waals surface area (Å²) < 4.78 is 0. The number of nitrogens with zero attached hydrogens (tertiary/aromatic N) is 1. The van der Waals surface area contributed by atoms with Crippen LogP contribution < -0.4 is 5.32 Å². The van der Waals surface area contributed by atoms with Crippen LogP contribution in [0.1, 0.15) is 40.0 Å². The lowest BCUT2D eigenvalue weighted by atomic mass is 9.90. The molecule has 0 radical (unpaired) electrons. The number of halogens is 1. The van der Waals surface area contributed by atoms with Crippen molar-refractivity contribution >= 4 is 29.3 Å². The lowest BCUT2D eigenvalue weighted by molar-refractivity contribution is -0.145. The van der Waals surface area contributed by atoms with E-state index >= 15 is 0 Å². The molecular formula is C15H23ClN2O2S. The fourth-order valence-electron chi connectivity index (χ4n) is 2.24. The Balaban J connectivity index is 2.54. The molecule has 0 aliphatic rings. The minimum Gasteiger partial charge on any atom is -0.480 e. The molecule has 0 fully saturated rings. The van der Waals surface area contributed by atoms with Gasteiger partial charge in [0.05, 0.1) is 5.02 Å². The summed E-state index contributed by atoms with van der Waals surface area (Å²) in [4.78, 5) is 15.8. The zero-order chi connectivity index (χ0) is 15.9. The van der Waals surface area contributed by atoms with Crippen LogP contribution in [0.2, 0.25) is 5.02 Å². The molecule has 0 amide bonds. The summed E-state index contributed by atoms with van der Waals surface area (Å²) in [6, 6.07) is 3.75. The Kier molecular flexibility index (Phi) is 7.49. The van der Waals surface area contributed by atoms with Gasteiger partial charge >= 0.3 is 5.97 Å². The average molecular weight is 331 g/mol. The molecule has 6 heteroatoms. The number of hydrogen-bond acceptors (Lipinski definition) is 4. The number of carbonyl (C=O) groups is 1. The third kappa shape index (κ3) is 5.49. The van der Waals surface area contributed by atoms with Crippen molar-refractivity contribution in [3.63, 3.8) is 0 Å². The summed E-state index contributed by atoms with van der Waals surface area (Å²) in [5.41, 5.74) is -0.845. The largest absolute Gasteiger partial charge is 0.480 e. The van der Waals surface area contributed by atoms with Crippen molar-refractivity contribution in [3.05, 3.63) is 23.4 Å². The lowest BCUT2D eigenvalue weighted by Gasteiger charge is -2.31. The van der Waals surface area contributed by atoms with Gasteiger partial charge in [-0.25, -0.2) is 4.98 Å². The Morgan fingerprint density at radius 3 is 2.81 bits per heavy atom. The van der Waals surface area contributed by atoms with Gasteiger partial charge in [-0.3, -0.25) is 10.1 Å². The molecule has 1 aromatic heterocycles. The molecule has 21 heavy (non-hydrogen) atoms. The smallest absolute Gasteiger partial charge is 0.323 e. The summed E-state index contributed by atoms with van der Waals surface area (Å²) in [5, 5.41) is 14.2. The SMILES string of the molecule is CCC(CCCSc1ncccc1Cl)(NC(C)C)C(=O)O. The summed E-state index contributed by atoms with van der Waals surface area (Å²) in [6.07, 6.45) is 3.66. The second-order valence-electron chi connectivity index (χ2n) is 5.28. The Bertz CT molecular complexity index is 471. The first-order chi connectivity index (χ1) is 9.91. The van der Waals surface area contributed by atoms with Gasteiger partial charge in [0.1, 0.15) is 10.6 Å². The number of pyridine rings is 1. The quantitative estimate of drug-likeness (QED) is 0.532. The maximum Gasteiger partial charge on any atom is 0.323 e. The normalized spacial score (nSPS) is 14.1. The summed E-state index contributed by atoms with van der Waals surface area (Å²) >= 11 is 7.61. The molecule has 1 unspecified atom stereocenters. The van der Waals surface area contributed by atoms with Crippen molar-refractivity contribution in [2.45, 2.75) is 56.6 Å². The van der Waals surface area contributed by atoms with E-state index in [9.17, 15) is 9.90 Å². The third-order valence-corrected chi connectivity index (χ3v) is 4.80. The molecule has 0 aliphatic heterocycles. The first-order valence-corrected chi connectivity index (χ1v) is 8.52. The van der Waals surface area contributed by atoms with E-state index in [-0.39, 0.29) is 6.04 Å². The van der Waals surface area contributed by atoms with Crippen molar-refractivity contribution in [2.75, 3.05) is 5.75 Å². The number of hydrogen-bond donors (Lipinski definition) is 2. The van der Waals surface area contributed by atoms with Crippen LogP contribution in [0.5, 0.6) is 0 Å². The standard InChI is InChI=1S/C15H23ClN2O2S/c1-4-15(14(19)20,18-11(2)3)8-6-10-21-13-12(16)7-5-9-17-13/h5,7,9,11,18H,4,6,8,10H2,1-3H3,(H,19,20). The minimum absolute atomic E-state index is 0.138. The van der Waals surface area contributed by atoms with E-state index in [2.05, 4.69) is 10.3 Å². The van der Waals surface area contributed by atoms with Gasteiger partial charge in [0.25, 0.3) is 0 Å². The molecule has 118 valence electrons. The first kappa shape index (κ1) is 18.3. The van der Waals surface area contributed by atoms with Crippen molar-refractivity contribution in [1.82, 2.24) is 10.3 Å². The third-order valence-electron chi connectivity index (χ3n) is 3.29. The van der Waals surface area contributed by atoms with Crippen molar-refractivity contribution in [1.29, 1.82) is 0 Å². The highest BCUT2D eigenvalue weighted by atomic mass is 35.5. The van der Waals surface area contributed by atoms with E-state index in [1.54, 1.807) is 24.0 Å². The molecule has 2 N–H and O–H groups in total. The zero-order valence-electron chi connectivity index (χ0n) is 12.7. The van der Waals surface area contributed by atoms with E-state index in [0.29, 0.717) is 17.9 Å². The molecule has 0 saturated heterocycles. The lowest BCUT2D eigenvalue weighted by Crippen LogP contribution is -2.54. The highest BCUT2D eigenvalue weighted by molar-refractivity contribution is 7.99. The van der Waals surface area contributed by atoms with Crippen molar-refractivity contribution in [3.8, 4) is 0 Å². The van der Waals surface area contributed by atoms with Crippen LogP contribution >= 0.6 is 23.4 Å². The fourth-order valence-corrected chi connectivity index (χ4v) is 3.35. The van der Waals surface area contributed by atoms with Gasteiger partial charge in [-0.15, -0.1) is 11.8 Å². The molecule has 4 nitrogen and oxygen atoms in total. The van der Waals surface area contributed by atoms with Crippen LogP contribution in [-0.4, -0.2) is 33.4 Å². The highest BCUT2D eigenvalue weighted by Gasteiger charge is 2.36.